The molecule has 0 saturated heterocycles. The zero-order chi connectivity index (χ0) is 15.7. The molecule has 1 aliphatic carbocycles. The van der Waals surface area contributed by atoms with Crippen LogP contribution >= 0.6 is 0 Å². The molecule has 21 heavy (non-hydrogen) atoms. The van der Waals surface area contributed by atoms with Crippen molar-refractivity contribution in [3.63, 3.8) is 0 Å². The molecule has 1 rings (SSSR count). The number of aliphatic hydroxyl groups is 1. The van der Waals surface area contributed by atoms with Gasteiger partial charge in [0.2, 0.25) is 0 Å². The molecule has 6 nitrogen and oxygen atoms in total. The normalized spacial score (nSPS) is 27.3. The highest BCUT2D eigenvalue weighted by Gasteiger charge is 2.36. The first kappa shape index (κ1) is 18.4. The van der Waals surface area contributed by atoms with E-state index in [1.807, 2.05) is 6.92 Å². The molecule has 0 spiro atoms. The summed E-state index contributed by atoms with van der Waals surface area (Å²) in [4.78, 5) is 11.7. The molecule has 1 unspecified atom stereocenters. The van der Waals surface area contributed by atoms with Crippen LogP contribution < -0.4 is 5.32 Å². The molecule has 0 amide bonds. The van der Waals surface area contributed by atoms with Crippen LogP contribution in [0.3, 0.4) is 0 Å². The van der Waals surface area contributed by atoms with Crippen molar-refractivity contribution in [1.29, 1.82) is 0 Å². The summed E-state index contributed by atoms with van der Waals surface area (Å²) in [6.07, 6.45) is 2.58. The van der Waals surface area contributed by atoms with Gasteiger partial charge >= 0.3 is 5.97 Å². The summed E-state index contributed by atoms with van der Waals surface area (Å²) in [5.41, 5.74) is -0.742. The summed E-state index contributed by atoms with van der Waals surface area (Å²) >= 11 is 0. The number of carbonyl (C=O) groups excluding carboxylic acids is 1. The molecule has 0 aliphatic heterocycles. The van der Waals surface area contributed by atoms with Gasteiger partial charge in [-0.25, -0.2) is 0 Å². The Balaban J connectivity index is 2.29. The Bertz CT molecular complexity index is 302. The molecule has 0 aromatic carbocycles. The van der Waals surface area contributed by atoms with E-state index in [4.69, 9.17) is 14.2 Å². The second-order valence-electron chi connectivity index (χ2n) is 5.69. The van der Waals surface area contributed by atoms with Gasteiger partial charge in [-0.05, 0) is 32.6 Å². The average Bonchev–Trinajstić information content (AvgIpc) is 2.47. The van der Waals surface area contributed by atoms with Gasteiger partial charge in [-0.15, -0.1) is 0 Å². The van der Waals surface area contributed by atoms with Crippen LogP contribution in [0.15, 0.2) is 0 Å². The summed E-state index contributed by atoms with van der Waals surface area (Å²) in [6, 6.07) is 0. The highest BCUT2D eigenvalue weighted by atomic mass is 16.5. The van der Waals surface area contributed by atoms with Crippen molar-refractivity contribution in [3.05, 3.63) is 0 Å². The van der Waals surface area contributed by atoms with Crippen LogP contribution in [0.2, 0.25) is 0 Å². The molecular weight excluding hydrogens is 274 g/mol. The summed E-state index contributed by atoms with van der Waals surface area (Å²) in [5, 5.41) is 13.8. The second kappa shape index (κ2) is 9.35. The van der Waals surface area contributed by atoms with E-state index in [-0.39, 0.29) is 18.0 Å². The Hall–Kier alpha value is -0.690. The lowest BCUT2D eigenvalue weighted by Crippen LogP contribution is -2.46. The van der Waals surface area contributed by atoms with Gasteiger partial charge in [-0.3, -0.25) is 4.79 Å². The Labute approximate surface area is 127 Å². The maximum Gasteiger partial charge on any atom is 0.308 e. The summed E-state index contributed by atoms with van der Waals surface area (Å²) < 4.78 is 15.3. The molecule has 0 heterocycles. The van der Waals surface area contributed by atoms with E-state index in [1.165, 1.54) is 0 Å². The first-order valence-electron chi connectivity index (χ1n) is 7.66. The molecule has 2 N–H and O–H groups in total. The van der Waals surface area contributed by atoms with Crippen LogP contribution in [0.4, 0.5) is 0 Å². The summed E-state index contributed by atoms with van der Waals surface area (Å²) in [5.74, 6) is -0.197. The van der Waals surface area contributed by atoms with Gasteiger partial charge in [0.1, 0.15) is 0 Å². The third-order valence-electron chi connectivity index (χ3n) is 4.05. The first-order valence-corrected chi connectivity index (χ1v) is 7.66. The highest BCUT2D eigenvalue weighted by Crippen LogP contribution is 2.32. The van der Waals surface area contributed by atoms with Crippen LogP contribution in [0.1, 0.15) is 32.6 Å². The van der Waals surface area contributed by atoms with Gasteiger partial charge in [-0.2, -0.15) is 0 Å². The zero-order valence-corrected chi connectivity index (χ0v) is 13.4. The molecule has 1 fully saturated rings. The smallest absolute Gasteiger partial charge is 0.308 e. The van der Waals surface area contributed by atoms with Gasteiger partial charge in [0.25, 0.3) is 0 Å². The number of hydrogen-bond acceptors (Lipinski definition) is 6. The lowest BCUT2D eigenvalue weighted by molar-refractivity contribution is -0.151. The van der Waals surface area contributed by atoms with Crippen LogP contribution in [-0.2, 0) is 19.0 Å². The van der Waals surface area contributed by atoms with Gasteiger partial charge in [0.05, 0.1) is 30.8 Å². The number of rotatable bonds is 9. The molecule has 1 saturated carbocycles. The fourth-order valence-corrected chi connectivity index (χ4v) is 2.69. The van der Waals surface area contributed by atoms with E-state index < -0.39 is 5.60 Å². The van der Waals surface area contributed by atoms with E-state index in [0.29, 0.717) is 52.0 Å². The standard InChI is InChI=1S/C15H29NO5/c1-4-21-14(17)12-5-7-15(18,8-6-12)11-16-9-13(20-3)10-19-2/h12-13,16,18H,4-11H2,1-3H3. The Morgan fingerprint density at radius 3 is 2.57 bits per heavy atom. The molecule has 1 atom stereocenters. The third kappa shape index (κ3) is 6.30. The van der Waals surface area contributed by atoms with Crippen LogP contribution in [0, 0.1) is 5.92 Å². The fraction of sp³-hybridized carbons (Fsp3) is 0.933. The van der Waals surface area contributed by atoms with Crippen molar-refractivity contribution < 1.29 is 24.1 Å². The first-order chi connectivity index (χ1) is 10.0. The molecule has 1 aliphatic rings. The van der Waals surface area contributed by atoms with E-state index >= 15 is 0 Å². The molecule has 0 bridgehead atoms. The van der Waals surface area contributed by atoms with Crippen LogP contribution in [0.5, 0.6) is 0 Å². The maximum absolute atomic E-state index is 11.7. The topological polar surface area (TPSA) is 77.0 Å². The van der Waals surface area contributed by atoms with Crippen molar-refractivity contribution in [1.82, 2.24) is 5.32 Å². The summed E-state index contributed by atoms with van der Waals surface area (Å²) in [6.45, 7) is 3.89. The van der Waals surface area contributed by atoms with Crippen LogP contribution in [-0.4, -0.2) is 63.3 Å². The predicted octanol–water partition coefficient (Wildman–Crippen LogP) is 0.722. The van der Waals surface area contributed by atoms with E-state index in [2.05, 4.69) is 5.32 Å². The van der Waals surface area contributed by atoms with Gasteiger partial charge < -0.3 is 24.6 Å². The minimum Gasteiger partial charge on any atom is -0.466 e. The van der Waals surface area contributed by atoms with Crippen molar-refractivity contribution >= 4 is 5.97 Å². The fourth-order valence-electron chi connectivity index (χ4n) is 2.69. The molecule has 124 valence electrons. The van der Waals surface area contributed by atoms with Crippen molar-refractivity contribution in [2.75, 3.05) is 40.5 Å². The van der Waals surface area contributed by atoms with Gasteiger partial charge in [0.15, 0.2) is 0 Å². The zero-order valence-electron chi connectivity index (χ0n) is 13.4. The maximum atomic E-state index is 11.7. The number of esters is 1. The second-order valence-corrected chi connectivity index (χ2v) is 5.69. The molecule has 0 aromatic rings. The number of ether oxygens (including phenoxy) is 3. The highest BCUT2D eigenvalue weighted by molar-refractivity contribution is 5.72. The number of hydrogen-bond donors (Lipinski definition) is 2. The third-order valence-corrected chi connectivity index (χ3v) is 4.05. The molecule has 0 aromatic heterocycles. The summed E-state index contributed by atoms with van der Waals surface area (Å²) in [7, 11) is 3.28. The Morgan fingerprint density at radius 1 is 1.38 bits per heavy atom. The molecular formula is C15H29NO5. The number of methoxy groups -OCH3 is 2. The van der Waals surface area contributed by atoms with E-state index in [9.17, 15) is 9.90 Å². The van der Waals surface area contributed by atoms with E-state index in [0.717, 1.165) is 0 Å². The Morgan fingerprint density at radius 2 is 2.05 bits per heavy atom. The lowest BCUT2D eigenvalue weighted by Gasteiger charge is -2.35. The quantitative estimate of drug-likeness (QED) is 0.611. The number of carbonyl (C=O) groups is 1. The monoisotopic (exact) mass is 303 g/mol. The number of nitrogens with one attached hydrogen (secondary N) is 1. The minimum atomic E-state index is -0.742. The van der Waals surface area contributed by atoms with E-state index in [1.54, 1.807) is 14.2 Å². The Kier molecular flexibility index (Phi) is 8.18. The largest absolute Gasteiger partial charge is 0.466 e. The van der Waals surface area contributed by atoms with Crippen LogP contribution in [0.25, 0.3) is 0 Å². The van der Waals surface area contributed by atoms with Crippen molar-refractivity contribution in [3.8, 4) is 0 Å². The van der Waals surface area contributed by atoms with Crippen molar-refractivity contribution in [2.45, 2.75) is 44.3 Å². The van der Waals surface area contributed by atoms with Gasteiger partial charge in [-0.1, -0.05) is 0 Å². The van der Waals surface area contributed by atoms with Gasteiger partial charge in [0, 0.05) is 27.3 Å². The predicted molar refractivity (Wildman–Crippen MR) is 79.1 cm³/mol. The SMILES string of the molecule is CCOC(=O)C1CCC(O)(CNCC(COC)OC)CC1. The minimum absolute atomic E-state index is 0.0190. The molecule has 6 heteroatoms. The van der Waals surface area contributed by atoms with Crippen molar-refractivity contribution in [2.24, 2.45) is 5.92 Å². The average molecular weight is 303 g/mol. The molecule has 0 radical (unpaired) electrons. The lowest BCUT2D eigenvalue weighted by atomic mass is 9.79.